The van der Waals surface area contributed by atoms with Gasteiger partial charge in [0.2, 0.25) is 0 Å². The van der Waals surface area contributed by atoms with Gasteiger partial charge in [0, 0.05) is 25.7 Å². The predicted molar refractivity (Wildman–Crippen MR) is 59.9 cm³/mol. The van der Waals surface area contributed by atoms with E-state index in [0.29, 0.717) is 11.3 Å². The largest absolute Gasteiger partial charge is 0.319 e. The fraction of sp³-hybridized carbons (Fsp3) is 0.750. The molecule has 82 valence electrons. The van der Waals surface area contributed by atoms with Crippen LogP contribution in [-0.2, 0) is 13.5 Å². The minimum atomic E-state index is 0.638. The van der Waals surface area contributed by atoms with E-state index in [1.807, 2.05) is 11.7 Å². The van der Waals surface area contributed by atoms with E-state index in [1.54, 1.807) is 0 Å². The maximum Gasteiger partial charge on any atom is 0.0660 e. The normalized spacial score (nSPS) is 26.7. The Balaban J connectivity index is 1.99. The van der Waals surface area contributed by atoms with Crippen LogP contribution >= 0.6 is 0 Å². The highest BCUT2D eigenvalue weighted by Crippen LogP contribution is 2.61. The van der Waals surface area contributed by atoms with E-state index in [2.05, 4.69) is 23.7 Å². The second-order valence-corrected chi connectivity index (χ2v) is 5.18. The van der Waals surface area contributed by atoms with Crippen molar-refractivity contribution in [3.8, 4) is 0 Å². The number of rotatable bonds is 2. The zero-order valence-corrected chi connectivity index (χ0v) is 9.58. The Labute approximate surface area is 90.9 Å². The fourth-order valence-electron chi connectivity index (χ4n) is 3.20. The SMILES string of the molecule is CNCC1c2cn(C)nc2CCC12CC2. The molecule has 1 saturated carbocycles. The lowest BCUT2D eigenvalue weighted by Crippen LogP contribution is -2.29. The van der Waals surface area contributed by atoms with Crippen LogP contribution in [-0.4, -0.2) is 23.4 Å². The van der Waals surface area contributed by atoms with Crippen molar-refractivity contribution in [2.24, 2.45) is 12.5 Å². The summed E-state index contributed by atoms with van der Waals surface area (Å²) in [5, 5.41) is 7.91. The Kier molecular flexibility index (Phi) is 1.93. The van der Waals surface area contributed by atoms with Crippen molar-refractivity contribution in [3.63, 3.8) is 0 Å². The molecule has 1 aromatic rings. The summed E-state index contributed by atoms with van der Waals surface area (Å²) in [6, 6.07) is 0. The van der Waals surface area contributed by atoms with Gasteiger partial charge in [-0.3, -0.25) is 4.68 Å². The Morgan fingerprint density at radius 2 is 2.33 bits per heavy atom. The Bertz CT molecular complexity index is 376. The Hall–Kier alpha value is -0.830. The van der Waals surface area contributed by atoms with Gasteiger partial charge in [0.15, 0.2) is 0 Å². The van der Waals surface area contributed by atoms with Gasteiger partial charge in [0.25, 0.3) is 0 Å². The van der Waals surface area contributed by atoms with Crippen LogP contribution in [0, 0.1) is 5.41 Å². The molecule has 3 heteroatoms. The molecule has 0 aliphatic heterocycles. The van der Waals surface area contributed by atoms with Gasteiger partial charge in [-0.15, -0.1) is 0 Å². The molecular weight excluding hydrogens is 186 g/mol. The number of hydrogen-bond acceptors (Lipinski definition) is 2. The summed E-state index contributed by atoms with van der Waals surface area (Å²) in [6.07, 6.45) is 7.62. The summed E-state index contributed by atoms with van der Waals surface area (Å²) in [4.78, 5) is 0. The second kappa shape index (κ2) is 3.08. The first kappa shape index (κ1) is 9.40. The van der Waals surface area contributed by atoms with Crippen molar-refractivity contribution in [2.45, 2.75) is 31.6 Å². The highest BCUT2D eigenvalue weighted by molar-refractivity contribution is 5.31. The van der Waals surface area contributed by atoms with E-state index in [0.717, 1.165) is 6.54 Å². The number of hydrogen-bond donors (Lipinski definition) is 1. The van der Waals surface area contributed by atoms with E-state index < -0.39 is 0 Å². The van der Waals surface area contributed by atoms with Gasteiger partial charge in [-0.1, -0.05) is 0 Å². The minimum absolute atomic E-state index is 0.638. The van der Waals surface area contributed by atoms with Gasteiger partial charge in [-0.2, -0.15) is 5.10 Å². The molecule has 2 aliphatic rings. The van der Waals surface area contributed by atoms with Crippen LogP contribution < -0.4 is 5.32 Å². The van der Waals surface area contributed by atoms with Crippen LogP contribution in [0.5, 0.6) is 0 Å². The standard InChI is InChI=1S/C12H19N3/c1-13-7-10-9-8-15(2)14-11(9)3-4-12(10)5-6-12/h8,10,13H,3-7H2,1-2H3. The van der Waals surface area contributed by atoms with E-state index >= 15 is 0 Å². The average molecular weight is 205 g/mol. The van der Waals surface area contributed by atoms with Gasteiger partial charge in [-0.25, -0.2) is 0 Å². The summed E-state index contributed by atoms with van der Waals surface area (Å²) >= 11 is 0. The summed E-state index contributed by atoms with van der Waals surface area (Å²) in [5.74, 6) is 0.708. The van der Waals surface area contributed by atoms with Crippen LogP contribution in [0.4, 0.5) is 0 Å². The molecule has 1 spiro atoms. The molecule has 2 aliphatic carbocycles. The molecule has 1 heterocycles. The molecule has 0 amide bonds. The molecule has 3 nitrogen and oxygen atoms in total. The number of aromatic nitrogens is 2. The zero-order chi connectivity index (χ0) is 10.5. The van der Waals surface area contributed by atoms with E-state index in [9.17, 15) is 0 Å². The first-order valence-corrected chi connectivity index (χ1v) is 5.92. The second-order valence-electron chi connectivity index (χ2n) is 5.18. The number of aryl methyl sites for hydroxylation is 2. The molecule has 1 N–H and O–H groups in total. The van der Waals surface area contributed by atoms with Crippen molar-refractivity contribution in [1.29, 1.82) is 0 Å². The molecule has 1 unspecified atom stereocenters. The first-order chi connectivity index (χ1) is 7.25. The molecule has 1 atom stereocenters. The first-order valence-electron chi connectivity index (χ1n) is 5.92. The van der Waals surface area contributed by atoms with Gasteiger partial charge in [-0.05, 0) is 43.7 Å². The smallest absolute Gasteiger partial charge is 0.0660 e. The lowest BCUT2D eigenvalue weighted by atomic mass is 9.75. The van der Waals surface area contributed by atoms with Crippen molar-refractivity contribution >= 4 is 0 Å². The number of nitrogens with zero attached hydrogens (tertiary/aromatic N) is 2. The van der Waals surface area contributed by atoms with Crippen LogP contribution in [0.25, 0.3) is 0 Å². The molecule has 0 saturated heterocycles. The Morgan fingerprint density at radius 3 is 3.00 bits per heavy atom. The minimum Gasteiger partial charge on any atom is -0.319 e. The molecule has 0 aromatic carbocycles. The van der Waals surface area contributed by atoms with Crippen molar-refractivity contribution in [3.05, 3.63) is 17.5 Å². The van der Waals surface area contributed by atoms with Crippen LogP contribution in [0.15, 0.2) is 6.20 Å². The summed E-state index contributed by atoms with van der Waals surface area (Å²) < 4.78 is 1.98. The molecule has 15 heavy (non-hydrogen) atoms. The van der Waals surface area contributed by atoms with E-state index in [4.69, 9.17) is 0 Å². The highest BCUT2D eigenvalue weighted by Gasteiger charge is 2.52. The van der Waals surface area contributed by atoms with E-state index in [1.165, 1.54) is 36.9 Å². The quantitative estimate of drug-likeness (QED) is 0.792. The predicted octanol–water partition coefficient (Wildman–Crippen LogP) is 1.45. The third kappa shape index (κ3) is 1.33. The number of fused-ring (bicyclic) bond motifs is 1. The zero-order valence-electron chi connectivity index (χ0n) is 9.58. The maximum absolute atomic E-state index is 4.57. The lowest BCUT2D eigenvalue weighted by Gasteiger charge is -2.31. The van der Waals surface area contributed by atoms with Crippen molar-refractivity contribution < 1.29 is 0 Å². The average Bonchev–Trinajstić information content (AvgIpc) is 2.88. The number of likely N-dealkylation sites (N-methyl/N-ethyl adjacent to an activating group) is 1. The topological polar surface area (TPSA) is 29.9 Å². The lowest BCUT2D eigenvalue weighted by molar-refractivity contribution is 0.338. The molecule has 1 fully saturated rings. The summed E-state index contributed by atoms with van der Waals surface area (Å²) in [5.41, 5.74) is 3.49. The van der Waals surface area contributed by atoms with Crippen LogP contribution in [0.3, 0.4) is 0 Å². The highest BCUT2D eigenvalue weighted by atomic mass is 15.3. The summed E-state index contributed by atoms with van der Waals surface area (Å²) in [6.45, 7) is 1.11. The third-order valence-corrected chi connectivity index (χ3v) is 4.21. The van der Waals surface area contributed by atoms with E-state index in [-0.39, 0.29) is 0 Å². The maximum atomic E-state index is 4.57. The molecule has 1 aromatic heterocycles. The Morgan fingerprint density at radius 1 is 1.53 bits per heavy atom. The van der Waals surface area contributed by atoms with Crippen molar-refractivity contribution in [2.75, 3.05) is 13.6 Å². The van der Waals surface area contributed by atoms with Gasteiger partial charge in [0.05, 0.1) is 5.69 Å². The number of nitrogens with one attached hydrogen (secondary N) is 1. The molecular formula is C12H19N3. The molecule has 3 rings (SSSR count). The monoisotopic (exact) mass is 205 g/mol. The molecule has 0 bridgehead atoms. The van der Waals surface area contributed by atoms with Crippen LogP contribution in [0.2, 0.25) is 0 Å². The molecule has 0 radical (unpaired) electrons. The fourth-order valence-corrected chi connectivity index (χ4v) is 3.20. The van der Waals surface area contributed by atoms with Gasteiger partial charge < -0.3 is 5.32 Å². The van der Waals surface area contributed by atoms with Crippen LogP contribution in [0.1, 0.15) is 36.4 Å². The third-order valence-electron chi connectivity index (χ3n) is 4.21. The van der Waals surface area contributed by atoms with Gasteiger partial charge in [0.1, 0.15) is 0 Å². The van der Waals surface area contributed by atoms with Crippen molar-refractivity contribution in [1.82, 2.24) is 15.1 Å². The summed E-state index contributed by atoms with van der Waals surface area (Å²) in [7, 11) is 4.09. The van der Waals surface area contributed by atoms with Gasteiger partial charge >= 0.3 is 0 Å².